The van der Waals surface area contributed by atoms with E-state index in [-0.39, 0.29) is 50.2 Å². The van der Waals surface area contributed by atoms with Crippen LogP contribution < -0.4 is 21.7 Å². The predicted molar refractivity (Wildman–Crippen MR) is 177 cm³/mol. The van der Waals surface area contributed by atoms with Gasteiger partial charge in [-0.05, 0) is 47.2 Å². The molecule has 1 aliphatic rings. The zero-order valence-electron chi connectivity index (χ0n) is 25.6. The van der Waals surface area contributed by atoms with Crippen molar-refractivity contribution >= 4 is 40.6 Å². The maximum absolute atomic E-state index is 12.5. The molecule has 13 heteroatoms. The molecule has 6 N–H and O–H groups in total. The van der Waals surface area contributed by atoms with Gasteiger partial charge in [0.05, 0.1) is 12.7 Å². The van der Waals surface area contributed by atoms with Crippen LogP contribution in [-0.4, -0.2) is 55.9 Å². The summed E-state index contributed by atoms with van der Waals surface area (Å²) in [4.78, 5) is 37.6. The highest BCUT2D eigenvalue weighted by Crippen LogP contribution is 2.34. The van der Waals surface area contributed by atoms with Crippen molar-refractivity contribution in [2.45, 2.75) is 44.7 Å². The summed E-state index contributed by atoms with van der Waals surface area (Å²) >= 11 is 0. The SMILES string of the molecule is Nc1ncnc2c1nc(NCc1ccc(-c3cccc(NC(=O)CCNC(=O)OCc4ccccc4)c3)cc1)n2[C@H]1CC[C@@H](CO)O1. The molecule has 1 aliphatic heterocycles. The van der Waals surface area contributed by atoms with Gasteiger partial charge in [-0.3, -0.25) is 9.36 Å². The molecule has 5 aromatic rings. The Morgan fingerprint density at radius 2 is 1.81 bits per heavy atom. The molecule has 0 saturated carbocycles. The number of anilines is 3. The molecular weight excluding hydrogens is 600 g/mol. The maximum atomic E-state index is 12.5. The smallest absolute Gasteiger partial charge is 0.407 e. The number of carbonyl (C=O) groups is 2. The van der Waals surface area contributed by atoms with Crippen LogP contribution in [0.4, 0.5) is 22.2 Å². The number of nitrogen functional groups attached to an aromatic ring is 1. The normalized spacial score (nSPS) is 15.8. The van der Waals surface area contributed by atoms with E-state index in [2.05, 4.69) is 30.9 Å². The number of aromatic nitrogens is 4. The van der Waals surface area contributed by atoms with Crippen LogP contribution in [0.3, 0.4) is 0 Å². The highest BCUT2D eigenvalue weighted by Gasteiger charge is 2.30. The van der Waals surface area contributed by atoms with E-state index in [9.17, 15) is 14.7 Å². The fraction of sp³-hybridized carbons (Fsp3) is 0.265. The number of nitrogens with zero attached hydrogens (tertiary/aromatic N) is 4. The number of benzene rings is 3. The zero-order chi connectivity index (χ0) is 32.6. The summed E-state index contributed by atoms with van der Waals surface area (Å²) in [6.45, 7) is 0.759. The average Bonchev–Trinajstić information content (AvgIpc) is 3.72. The van der Waals surface area contributed by atoms with E-state index in [1.165, 1.54) is 6.33 Å². The number of nitrogens with one attached hydrogen (secondary N) is 3. The molecule has 3 aromatic carbocycles. The maximum Gasteiger partial charge on any atom is 0.407 e. The summed E-state index contributed by atoms with van der Waals surface area (Å²) in [7, 11) is 0. The van der Waals surface area contributed by atoms with Crippen LogP contribution in [0.5, 0.6) is 0 Å². The molecule has 0 bridgehead atoms. The van der Waals surface area contributed by atoms with Crippen LogP contribution in [-0.2, 0) is 27.4 Å². The van der Waals surface area contributed by atoms with Gasteiger partial charge in [0.2, 0.25) is 11.9 Å². The van der Waals surface area contributed by atoms with Crippen LogP contribution in [0.15, 0.2) is 85.2 Å². The van der Waals surface area contributed by atoms with Gasteiger partial charge in [-0.15, -0.1) is 0 Å². The van der Waals surface area contributed by atoms with Crippen LogP contribution >= 0.6 is 0 Å². The second-order valence-corrected chi connectivity index (χ2v) is 11.1. The molecule has 242 valence electrons. The van der Waals surface area contributed by atoms with Gasteiger partial charge in [0, 0.05) is 25.2 Å². The van der Waals surface area contributed by atoms with Gasteiger partial charge in [0.25, 0.3) is 0 Å². The first-order chi connectivity index (χ1) is 23.0. The van der Waals surface area contributed by atoms with Crippen molar-refractivity contribution in [1.29, 1.82) is 0 Å². The van der Waals surface area contributed by atoms with Crippen molar-refractivity contribution in [3.05, 3.63) is 96.3 Å². The van der Waals surface area contributed by atoms with E-state index < -0.39 is 6.09 Å². The third-order valence-corrected chi connectivity index (χ3v) is 7.80. The molecule has 0 radical (unpaired) electrons. The first kappa shape index (κ1) is 31.5. The Morgan fingerprint density at radius 1 is 0.979 bits per heavy atom. The first-order valence-electron chi connectivity index (χ1n) is 15.4. The first-order valence-corrected chi connectivity index (χ1v) is 15.4. The summed E-state index contributed by atoms with van der Waals surface area (Å²) in [5.74, 6) is 0.621. The minimum atomic E-state index is -0.570. The topological polar surface area (TPSA) is 179 Å². The zero-order valence-corrected chi connectivity index (χ0v) is 25.6. The van der Waals surface area contributed by atoms with Gasteiger partial charge >= 0.3 is 6.09 Å². The van der Waals surface area contributed by atoms with Gasteiger partial charge in [0.1, 0.15) is 19.2 Å². The number of aliphatic hydroxyl groups excluding tert-OH is 1. The van der Waals surface area contributed by atoms with Gasteiger partial charge in [0.15, 0.2) is 17.0 Å². The second kappa shape index (κ2) is 14.7. The van der Waals surface area contributed by atoms with Crippen LogP contribution in [0.25, 0.3) is 22.3 Å². The van der Waals surface area contributed by atoms with E-state index in [0.717, 1.165) is 28.7 Å². The molecule has 13 nitrogen and oxygen atoms in total. The third-order valence-electron chi connectivity index (χ3n) is 7.80. The van der Waals surface area contributed by atoms with Crippen molar-refractivity contribution in [2.24, 2.45) is 0 Å². The molecule has 47 heavy (non-hydrogen) atoms. The van der Waals surface area contributed by atoms with Crippen molar-refractivity contribution in [1.82, 2.24) is 24.8 Å². The summed E-state index contributed by atoms with van der Waals surface area (Å²) < 4.78 is 13.1. The Kier molecular flexibility index (Phi) is 9.84. The van der Waals surface area contributed by atoms with Gasteiger partial charge in [-0.2, -0.15) is 0 Å². The molecule has 0 unspecified atom stereocenters. The Bertz CT molecular complexity index is 1830. The molecule has 2 amide bonds. The molecule has 3 heterocycles. The van der Waals surface area contributed by atoms with Gasteiger partial charge < -0.3 is 36.3 Å². The lowest BCUT2D eigenvalue weighted by molar-refractivity contribution is -0.116. The number of ether oxygens (including phenoxy) is 2. The van der Waals surface area contributed by atoms with E-state index in [0.29, 0.717) is 35.8 Å². The van der Waals surface area contributed by atoms with Crippen molar-refractivity contribution in [3.63, 3.8) is 0 Å². The Balaban J connectivity index is 1.03. The second-order valence-electron chi connectivity index (χ2n) is 11.1. The number of rotatable bonds is 12. The summed E-state index contributed by atoms with van der Waals surface area (Å²) in [5, 5.41) is 18.4. The molecule has 2 atom stereocenters. The van der Waals surface area contributed by atoms with E-state index in [1.54, 1.807) is 0 Å². The summed E-state index contributed by atoms with van der Waals surface area (Å²) in [6.07, 6.45) is 1.82. The highest BCUT2D eigenvalue weighted by atomic mass is 16.5. The van der Waals surface area contributed by atoms with E-state index >= 15 is 0 Å². The minimum absolute atomic E-state index is 0.0456. The summed E-state index contributed by atoms with van der Waals surface area (Å²) in [5.41, 5.74) is 11.6. The monoisotopic (exact) mass is 636 g/mol. The number of carbonyl (C=O) groups excluding carboxylic acids is 2. The number of hydrogen-bond acceptors (Lipinski definition) is 10. The lowest BCUT2D eigenvalue weighted by atomic mass is 10.0. The number of imidazole rings is 1. The molecule has 0 spiro atoms. The lowest BCUT2D eigenvalue weighted by Crippen LogP contribution is -2.28. The molecular formula is C34H36N8O5. The standard InChI is InChI=1S/C34H36N8O5/c35-31-30-32(39-21-38-31)42(29-14-13-27(19-43)47-29)33(41-30)37-18-22-9-11-24(12-10-22)25-7-4-8-26(17-25)40-28(44)15-16-36-34(45)46-20-23-5-2-1-3-6-23/h1-12,17,21,27,29,43H,13-16,18-20H2,(H,36,45)(H,37,41)(H,40,44)(H2,35,38,39)/t27-,29+/m0/s1. The van der Waals surface area contributed by atoms with Crippen LogP contribution in [0, 0.1) is 0 Å². The Morgan fingerprint density at radius 3 is 2.60 bits per heavy atom. The van der Waals surface area contributed by atoms with Crippen LogP contribution in [0.2, 0.25) is 0 Å². The van der Waals surface area contributed by atoms with Crippen LogP contribution in [0.1, 0.15) is 36.6 Å². The number of hydrogen-bond donors (Lipinski definition) is 5. The fourth-order valence-corrected chi connectivity index (χ4v) is 5.38. The van der Waals surface area contributed by atoms with E-state index in [4.69, 9.17) is 15.2 Å². The molecule has 1 fully saturated rings. The largest absolute Gasteiger partial charge is 0.445 e. The molecule has 6 rings (SSSR count). The lowest BCUT2D eigenvalue weighted by Gasteiger charge is -2.17. The average molecular weight is 637 g/mol. The van der Waals surface area contributed by atoms with Crippen molar-refractivity contribution < 1.29 is 24.2 Å². The minimum Gasteiger partial charge on any atom is -0.445 e. The number of fused-ring (bicyclic) bond motifs is 1. The molecule has 2 aromatic heterocycles. The fourth-order valence-electron chi connectivity index (χ4n) is 5.38. The quantitative estimate of drug-likeness (QED) is 0.130. The Labute approximate surface area is 271 Å². The Hall–Kier alpha value is -5.53. The van der Waals surface area contributed by atoms with Crippen molar-refractivity contribution in [2.75, 3.05) is 29.5 Å². The van der Waals surface area contributed by atoms with Gasteiger partial charge in [-0.1, -0.05) is 66.7 Å². The molecule has 0 aliphatic carbocycles. The summed E-state index contributed by atoms with van der Waals surface area (Å²) in [6, 6.07) is 25.0. The van der Waals surface area contributed by atoms with Crippen molar-refractivity contribution in [3.8, 4) is 11.1 Å². The number of alkyl carbamates (subject to hydrolysis) is 1. The predicted octanol–water partition coefficient (Wildman–Crippen LogP) is 4.61. The van der Waals surface area contributed by atoms with E-state index in [1.807, 2.05) is 83.4 Å². The number of nitrogens with two attached hydrogens (primary N) is 1. The third kappa shape index (κ3) is 7.83. The van der Waals surface area contributed by atoms with Gasteiger partial charge in [-0.25, -0.2) is 19.7 Å². The highest BCUT2D eigenvalue weighted by molar-refractivity contribution is 5.92. The molecule has 1 saturated heterocycles. The number of aliphatic hydroxyl groups is 1. The number of amides is 2.